The molecule has 0 aliphatic heterocycles. The average Bonchev–Trinajstić information content (AvgIpc) is 3.02. The van der Waals surface area contributed by atoms with Gasteiger partial charge in [0.05, 0.1) is 11.9 Å². The zero-order valence-corrected chi connectivity index (χ0v) is 13.0. The van der Waals surface area contributed by atoms with E-state index < -0.39 is 0 Å². The van der Waals surface area contributed by atoms with Gasteiger partial charge in [0.2, 0.25) is 10.1 Å². The van der Waals surface area contributed by atoms with Gasteiger partial charge in [0.1, 0.15) is 5.82 Å². The van der Waals surface area contributed by atoms with E-state index in [1.165, 1.54) is 23.5 Å². The third kappa shape index (κ3) is 3.42. The van der Waals surface area contributed by atoms with E-state index in [0.29, 0.717) is 13.0 Å². The summed E-state index contributed by atoms with van der Waals surface area (Å²) in [5.74, 6) is -0.202. The number of hydrogen-bond acceptors (Lipinski definition) is 5. The van der Waals surface area contributed by atoms with Crippen molar-refractivity contribution in [3.05, 3.63) is 47.5 Å². The number of aliphatic hydroxyl groups excluding tert-OH is 1. The monoisotopic (exact) mass is 320 g/mol. The number of fused-ring (bicyclic) bond motifs is 1. The molecule has 0 aliphatic rings. The molecule has 0 fully saturated rings. The molecule has 116 valence electrons. The molecule has 0 unspecified atom stereocenters. The van der Waals surface area contributed by atoms with Gasteiger partial charge >= 0.3 is 0 Å². The lowest BCUT2D eigenvalue weighted by Crippen LogP contribution is -2.20. The highest BCUT2D eigenvalue weighted by atomic mass is 32.1. The van der Waals surface area contributed by atoms with Gasteiger partial charge in [0.25, 0.3) is 0 Å². The third-order valence-electron chi connectivity index (χ3n) is 3.40. The SMILES string of the molecule is Cc1cn2nc(NC[C@H](CO)Cc3ccc(F)cc3)sc2n1. The predicted octanol–water partition coefficient (Wildman–Crippen LogP) is 2.50. The first-order valence-electron chi connectivity index (χ1n) is 7.06. The molecule has 0 radical (unpaired) electrons. The van der Waals surface area contributed by atoms with E-state index in [2.05, 4.69) is 15.4 Å². The largest absolute Gasteiger partial charge is 0.396 e. The minimum Gasteiger partial charge on any atom is -0.396 e. The molecule has 5 nitrogen and oxygen atoms in total. The number of nitrogens with one attached hydrogen (secondary N) is 1. The van der Waals surface area contributed by atoms with Crippen molar-refractivity contribution >= 4 is 21.4 Å². The van der Waals surface area contributed by atoms with Crippen molar-refractivity contribution in [1.82, 2.24) is 14.6 Å². The van der Waals surface area contributed by atoms with E-state index in [0.717, 1.165) is 21.3 Å². The van der Waals surface area contributed by atoms with Crippen LogP contribution in [0.4, 0.5) is 9.52 Å². The molecule has 0 spiro atoms. The van der Waals surface area contributed by atoms with Crippen LogP contribution in [-0.2, 0) is 6.42 Å². The Morgan fingerprint density at radius 3 is 2.82 bits per heavy atom. The standard InChI is InChI=1S/C15H17FN4OS/c1-10-8-20-15(18-10)22-14(19-20)17-7-12(9-21)6-11-2-4-13(16)5-3-11/h2-5,8,12,21H,6-7,9H2,1H3,(H,17,19)/t12-/m1/s1. The van der Waals surface area contributed by atoms with Gasteiger partial charge in [-0.1, -0.05) is 23.5 Å². The second-order valence-corrected chi connectivity index (χ2v) is 6.23. The van der Waals surface area contributed by atoms with Crippen LogP contribution < -0.4 is 5.32 Å². The Kier molecular flexibility index (Phi) is 4.35. The maximum atomic E-state index is 12.9. The molecule has 1 atom stereocenters. The summed E-state index contributed by atoms with van der Waals surface area (Å²) in [5, 5.41) is 17.9. The lowest BCUT2D eigenvalue weighted by atomic mass is 10.0. The van der Waals surface area contributed by atoms with Gasteiger partial charge in [-0.05, 0) is 31.0 Å². The summed E-state index contributed by atoms with van der Waals surface area (Å²) in [5.41, 5.74) is 1.95. The smallest absolute Gasteiger partial charge is 0.214 e. The Hall–Kier alpha value is -1.99. The van der Waals surface area contributed by atoms with Crippen molar-refractivity contribution in [2.75, 3.05) is 18.5 Å². The summed E-state index contributed by atoms with van der Waals surface area (Å²) in [6, 6.07) is 6.38. The Balaban J connectivity index is 1.60. The molecule has 0 bridgehead atoms. The molecule has 2 heterocycles. The fourth-order valence-electron chi connectivity index (χ4n) is 2.27. The zero-order valence-electron chi connectivity index (χ0n) is 12.2. The number of aliphatic hydroxyl groups is 1. The van der Waals surface area contributed by atoms with Crippen molar-refractivity contribution < 1.29 is 9.50 Å². The van der Waals surface area contributed by atoms with Gasteiger partial charge in [0.15, 0.2) is 0 Å². The number of hydrogen-bond donors (Lipinski definition) is 2. The van der Waals surface area contributed by atoms with Crippen molar-refractivity contribution in [3.63, 3.8) is 0 Å². The van der Waals surface area contributed by atoms with Crippen LogP contribution in [0.25, 0.3) is 4.96 Å². The minimum atomic E-state index is -0.246. The van der Waals surface area contributed by atoms with Crippen LogP contribution in [0.15, 0.2) is 30.5 Å². The first-order chi connectivity index (χ1) is 10.6. The molecule has 0 amide bonds. The second kappa shape index (κ2) is 6.41. The van der Waals surface area contributed by atoms with Crippen molar-refractivity contribution in [2.45, 2.75) is 13.3 Å². The minimum absolute atomic E-state index is 0.0448. The molecule has 2 N–H and O–H groups in total. The van der Waals surface area contributed by atoms with E-state index in [1.807, 2.05) is 13.1 Å². The summed E-state index contributed by atoms with van der Waals surface area (Å²) in [6.07, 6.45) is 2.56. The van der Waals surface area contributed by atoms with Crippen LogP contribution >= 0.6 is 11.3 Å². The van der Waals surface area contributed by atoms with E-state index in [9.17, 15) is 9.50 Å². The normalized spacial score (nSPS) is 12.7. The average molecular weight is 320 g/mol. The first kappa shape index (κ1) is 14.9. The van der Waals surface area contributed by atoms with Crippen LogP contribution in [-0.4, -0.2) is 32.9 Å². The fraction of sp³-hybridized carbons (Fsp3) is 0.333. The molecule has 1 aromatic carbocycles. The number of rotatable bonds is 6. The molecule has 22 heavy (non-hydrogen) atoms. The van der Waals surface area contributed by atoms with Gasteiger partial charge < -0.3 is 10.4 Å². The third-order valence-corrected chi connectivity index (χ3v) is 4.28. The summed E-state index contributed by atoms with van der Waals surface area (Å²) < 4.78 is 14.6. The molecular formula is C15H17FN4OS. The summed E-state index contributed by atoms with van der Waals surface area (Å²) in [7, 11) is 0. The number of halogens is 1. The number of benzene rings is 1. The van der Waals surface area contributed by atoms with Gasteiger partial charge in [-0.3, -0.25) is 0 Å². The zero-order chi connectivity index (χ0) is 15.5. The van der Waals surface area contributed by atoms with Crippen molar-refractivity contribution in [3.8, 4) is 0 Å². The van der Waals surface area contributed by atoms with E-state index in [-0.39, 0.29) is 18.3 Å². The van der Waals surface area contributed by atoms with Crippen LogP contribution in [0.3, 0.4) is 0 Å². The Morgan fingerprint density at radius 1 is 1.36 bits per heavy atom. The first-order valence-corrected chi connectivity index (χ1v) is 7.87. The van der Waals surface area contributed by atoms with Crippen molar-refractivity contribution in [1.29, 1.82) is 0 Å². The maximum Gasteiger partial charge on any atom is 0.214 e. The summed E-state index contributed by atoms with van der Waals surface area (Å²) in [4.78, 5) is 5.20. The molecule has 3 rings (SSSR count). The summed E-state index contributed by atoms with van der Waals surface area (Å²) in [6.45, 7) is 2.59. The molecule has 0 saturated carbocycles. The topological polar surface area (TPSA) is 62.5 Å². The molecule has 0 aliphatic carbocycles. The molecule has 2 aromatic heterocycles. The second-order valence-electron chi connectivity index (χ2n) is 5.28. The Morgan fingerprint density at radius 2 is 2.14 bits per heavy atom. The highest BCUT2D eigenvalue weighted by Gasteiger charge is 2.11. The van der Waals surface area contributed by atoms with Gasteiger partial charge in [-0.15, -0.1) is 5.10 Å². The molecule has 3 aromatic rings. The Labute approximate surface area is 131 Å². The molecule has 0 saturated heterocycles. The van der Waals surface area contributed by atoms with E-state index in [1.54, 1.807) is 16.6 Å². The van der Waals surface area contributed by atoms with Crippen LogP contribution in [0.2, 0.25) is 0 Å². The molecule has 7 heteroatoms. The Bertz CT molecular complexity index is 721. The number of anilines is 1. The number of aromatic nitrogens is 3. The number of nitrogens with zero attached hydrogens (tertiary/aromatic N) is 3. The van der Waals surface area contributed by atoms with Gasteiger partial charge in [0, 0.05) is 19.1 Å². The quantitative estimate of drug-likeness (QED) is 0.732. The van der Waals surface area contributed by atoms with Crippen molar-refractivity contribution in [2.24, 2.45) is 5.92 Å². The highest BCUT2D eigenvalue weighted by molar-refractivity contribution is 7.20. The van der Waals surface area contributed by atoms with Gasteiger partial charge in [-0.25, -0.2) is 13.9 Å². The highest BCUT2D eigenvalue weighted by Crippen LogP contribution is 2.19. The maximum absolute atomic E-state index is 12.9. The van der Waals surface area contributed by atoms with Gasteiger partial charge in [-0.2, -0.15) is 0 Å². The van der Waals surface area contributed by atoms with Crippen LogP contribution in [0.1, 0.15) is 11.3 Å². The van der Waals surface area contributed by atoms with Crippen LogP contribution in [0, 0.1) is 18.7 Å². The van der Waals surface area contributed by atoms with Crippen LogP contribution in [0.5, 0.6) is 0 Å². The number of aryl methyl sites for hydroxylation is 1. The van der Waals surface area contributed by atoms with E-state index in [4.69, 9.17) is 0 Å². The molecular weight excluding hydrogens is 303 g/mol. The van der Waals surface area contributed by atoms with E-state index >= 15 is 0 Å². The summed E-state index contributed by atoms with van der Waals surface area (Å²) >= 11 is 1.48. The fourth-order valence-corrected chi connectivity index (χ4v) is 3.10. The number of imidazole rings is 1. The lowest BCUT2D eigenvalue weighted by Gasteiger charge is -2.14. The predicted molar refractivity (Wildman–Crippen MR) is 84.8 cm³/mol. The lowest BCUT2D eigenvalue weighted by molar-refractivity contribution is 0.232.